The van der Waals surface area contributed by atoms with Gasteiger partial charge >= 0.3 is 0 Å². The highest BCUT2D eigenvalue weighted by molar-refractivity contribution is 5.95. The molecule has 2 atom stereocenters. The van der Waals surface area contributed by atoms with Gasteiger partial charge in [-0.05, 0) is 49.2 Å². The van der Waals surface area contributed by atoms with E-state index >= 15 is 0 Å². The maximum absolute atomic E-state index is 14.9. The summed E-state index contributed by atoms with van der Waals surface area (Å²) in [5.74, 6) is -1.07. The maximum Gasteiger partial charge on any atom is 0.254 e. The minimum Gasteiger partial charge on any atom is -0.375 e. The minimum atomic E-state index is -0.991. The number of morpholine rings is 1. The Morgan fingerprint density at radius 1 is 1.39 bits per heavy atom. The van der Waals surface area contributed by atoms with E-state index in [9.17, 15) is 14.3 Å². The van der Waals surface area contributed by atoms with E-state index in [0.29, 0.717) is 37.4 Å². The number of hydrogen-bond donors (Lipinski definition) is 2. The number of aliphatic hydroxyl groups is 1. The summed E-state index contributed by atoms with van der Waals surface area (Å²) in [5, 5.41) is 12.5. The summed E-state index contributed by atoms with van der Waals surface area (Å²) in [4.78, 5) is 18.7. The van der Waals surface area contributed by atoms with Crippen LogP contribution < -0.4 is 5.32 Å². The largest absolute Gasteiger partial charge is 0.375 e. The van der Waals surface area contributed by atoms with Crippen LogP contribution in [0.25, 0.3) is 16.9 Å². The lowest BCUT2D eigenvalue weighted by atomic mass is 9.98. The zero-order valence-corrected chi connectivity index (χ0v) is 19.3. The summed E-state index contributed by atoms with van der Waals surface area (Å²) in [5.41, 5.74) is 4.71. The SMILES string of the molecule is CNC(=O)c1cc(C)c(-c2nc3cc(C)ccn3c2C[C@H]2CN(C(O)OC)CCO2)cc1F. The van der Waals surface area contributed by atoms with Crippen molar-refractivity contribution in [2.45, 2.75) is 32.8 Å². The summed E-state index contributed by atoms with van der Waals surface area (Å²) >= 11 is 0. The van der Waals surface area contributed by atoms with Crippen LogP contribution in [0.4, 0.5) is 4.39 Å². The van der Waals surface area contributed by atoms with E-state index in [-0.39, 0.29) is 11.7 Å². The van der Waals surface area contributed by atoms with Gasteiger partial charge in [-0.25, -0.2) is 9.37 Å². The third-order valence-corrected chi connectivity index (χ3v) is 6.04. The Morgan fingerprint density at radius 3 is 2.91 bits per heavy atom. The number of aliphatic hydroxyl groups excluding tert-OH is 1. The number of amides is 1. The molecule has 0 radical (unpaired) electrons. The lowest BCUT2D eigenvalue weighted by Gasteiger charge is -2.35. The van der Waals surface area contributed by atoms with Crippen LogP contribution in [0.3, 0.4) is 0 Å². The van der Waals surface area contributed by atoms with Crippen molar-refractivity contribution in [1.82, 2.24) is 19.6 Å². The van der Waals surface area contributed by atoms with Crippen LogP contribution in [0.1, 0.15) is 27.2 Å². The molecular weight excluding hydrogens is 427 g/mol. The Labute approximate surface area is 191 Å². The molecule has 0 aliphatic carbocycles. The van der Waals surface area contributed by atoms with Gasteiger partial charge in [0.05, 0.1) is 29.7 Å². The number of methoxy groups -OCH3 is 1. The number of carbonyl (C=O) groups excluding carboxylic acids is 1. The monoisotopic (exact) mass is 456 g/mol. The molecule has 8 nitrogen and oxygen atoms in total. The van der Waals surface area contributed by atoms with Crippen molar-refractivity contribution in [3.63, 3.8) is 0 Å². The van der Waals surface area contributed by atoms with Crippen molar-refractivity contribution in [3.8, 4) is 11.3 Å². The van der Waals surface area contributed by atoms with Gasteiger partial charge in [0.25, 0.3) is 5.91 Å². The Hall–Kier alpha value is -2.85. The fourth-order valence-corrected chi connectivity index (χ4v) is 4.28. The number of aryl methyl sites for hydroxylation is 2. The van der Waals surface area contributed by atoms with Gasteiger partial charge in [0.1, 0.15) is 11.5 Å². The number of fused-ring (bicyclic) bond motifs is 1. The molecule has 1 aromatic carbocycles. The van der Waals surface area contributed by atoms with Crippen LogP contribution in [-0.2, 0) is 15.9 Å². The van der Waals surface area contributed by atoms with Crippen LogP contribution >= 0.6 is 0 Å². The van der Waals surface area contributed by atoms with E-state index in [0.717, 1.165) is 22.5 Å². The van der Waals surface area contributed by atoms with Gasteiger partial charge in [-0.3, -0.25) is 9.69 Å². The van der Waals surface area contributed by atoms with Crippen molar-refractivity contribution >= 4 is 11.6 Å². The molecule has 0 bridgehead atoms. The summed E-state index contributed by atoms with van der Waals surface area (Å²) in [7, 11) is 2.93. The van der Waals surface area contributed by atoms with Gasteiger partial charge in [0, 0.05) is 45.4 Å². The second-order valence-corrected chi connectivity index (χ2v) is 8.32. The van der Waals surface area contributed by atoms with E-state index in [1.807, 2.05) is 41.5 Å². The average molecular weight is 457 g/mol. The first-order valence-electron chi connectivity index (χ1n) is 10.9. The number of aromatic nitrogens is 2. The second-order valence-electron chi connectivity index (χ2n) is 8.32. The number of benzene rings is 1. The van der Waals surface area contributed by atoms with Crippen LogP contribution in [0.2, 0.25) is 0 Å². The number of pyridine rings is 1. The Kier molecular flexibility index (Phi) is 6.76. The molecule has 1 fully saturated rings. The molecule has 33 heavy (non-hydrogen) atoms. The van der Waals surface area contributed by atoms with Gasteiger partial charge in [-0.1, -0.05) is 0 Å². The molecule has 3 aromatic rings. The van der Waals surface area contributed by atoms with E-state index in [1.54, 1.807) is 6.07 Å². The Morgan fingerprint density at radius 2 is 2.18 bits per heavy atom. The molecule has 2 N–H and O–H groups in total. The summed E-state index contributed by atoms with van der Waals surface area (Å²) < 4.78 is 27.9. The van der Waals surface area contributed by atoms with E-state index in [2.05, 4.69) is 5.32 Å². The molecular formula is C24H29FN4O4. The zero-order valence-electron chi connectivity index (χ0n) is 19.3. The predicted molar refractivity (Wildman–Crippen MR) is 121 cm³/mol. The topological polar surface area (TPSA) is 88.3 Å². The van der Waals surface area contributed by atoms with Gasteiger partial charge in [0.15, 0.2) is 0 Å². The van der Waals surface area contributed by atoms with Gasteiger partial charge < -0.3 is 24.3 Å². The second kappa shape index (κ2) is 9.56. The number of nitrogens with zero attached hydrogens (tertiary/aromatic N) is 3. The molecule has 9 heteroatoms. The molecule has 3 heterocycles. The molecule has 1 aliphatic heterocycles. The molecule has 1 amide bonds. The third kappa shape index (κ3) is 4.63. The van der Waals surface area contributed by atoms with Crippen LogP contribution in [0.5, 0.6) is 0 Å². The highest BCUT2D eigenvalue weighted by Crippen LogP contribution is 2.31. The molecule has 1 aliphatic rings. The molecule has 0 spiro atoms. The fraction of sp³-hybridized carbons (Fsp3) is 0.417. The lowest BCUT2D eigenvalue weighted by molar-refractivity contribution is -0.204. The third-order valence-electron chi connectivity index (χ3n) is 6.04. The fourth-order valence-electron chi connectivity index (χ4n) is 4.28. The van der Waals surface area contributed by atoms with Crippen molar-refractivity contribution in [2.75, 3.05) is 33.9 Å². The molecule has 4 rings (SSSR count). The van der Waals surface area contributed by atoms with Gasteiger partial charge in [-0.15, -0.1) is 0 Å². The summed E-state index contributed by atoms with van der Waals surface area (Å²) in [6.07, 6.45) is 1.25. The van der Waals surface area contributed by atoms with Crippen LogP contribution in [-0.4, -0.2) is 71.7 Å². The number of ether oxygens (including phenoxy) is 2. The summed E-state index contributed by atoms with van der Waals surface area (Å²) in [6.45, 7) is 5.34. The number of halogens is 1. The van der Waals surface area contributed by atoms with Crippen molar-refractivity contribution in [2.24, 2.45) is 0 Å². The van der Waals surface area contributed by atoms with Crippen LogP contribution in [0, 0.1) is 19.7 Å². The van der Waals surface area contributed by atoms with Crippen molar-refractivity contribution < 1.29 is 23.8 Å². The maximum atomic E-state index is 14.9. The standard InChI is InChI=1S/C24H29FN4O4/c1-14-5-6-29-20(11-16-13-28(7-8-33-16)24(31)32-4)22(27-21(29)9-14)17-12-19(25)18(10-15(17)2)23(30)26-3/h5-6,9-10,12,16,24,31H,7-8,11,13H2,1-4H3,(H,26,30)/t16-,24?/m0/s1. The van der Waals surface area contributed by atoms with Gasteiger partial charge in [-0.2, -0.15) is 0 Å². The van der Waals surface area contributed by atoms with Crippen LogP contribution in [0.15, 0.2) is 30.5 Å². The Bertz CT molecular complexity index is 1180. The quantitative estimate of drug-likeness (QED) is 0.554. The molecule has 1 unspecified atom stereocenters. The average Bonchev–Trinajstić information content (AvgIpc) is 3.16. The smallest absolute Gasteiger partial charge is 0.254 e. The Balaban J connectivity index is 1.78. The highest BCUT2D eigenvalue weighted by atomic mass is 19.1. The highest BCUT2D eigenvalue weighted by Gasteiger charge is 2.28. The first-order chi connectivity index (χ1) is 15.8. The molecule has 176 valence electrons. The molecule has 2 aromatic heterocycles. The first kappa shape index (κ1) is 23.3. The van der Waals surface area contributed by atoms with E-state index < -0.39 is 18.1 Å². The number of hydrogen-bond acceptors (Lipinski definition) is 6. The predicted octanol–water partition coefficient (Wildman–Crippen LogP) is 2.28. The minimum absolute atomic E-state index is 0.000262. The molecule has 1 saturated heterocycles. The number of nitrogens with one attached hydrogen (secondary N) is 1. The molecule has 0 saturated carbocycles. The van der Waals surface area contributed by atoms with Gasteiger partial charge in [0.2, 0.25) is 6.41 Å². The summed E-state index contributed by atoms with van der Waals surface area (Å²) in [6, 6.07) is 6.89. The lowest BCUT2D eigenvalue weighted by Crippen LogP contribution is -2.49. The van der Waals surface area contributed by atoms with Crippen molar-refractivity contribution in [3.05, 3.63) is 58.7 Å². The van der Waals surface area contributed by atoms with E-state index in [4.69, 9.17) is 14.5 Å². The van der Waals surface area contributed by atoms with Crippen molar-refractivity contribution in [1.29, 1.82) is 0 Å². The zero-order chi connectivity index (χ0) is 23.7. The normalized spacial score (nSPS) is 17.9. The van der Waals surface area contributed by atoms with E-state index in [1.165, 1.54) is 20.2 Å². The number of imidazole rings is 1. The first-order valence-corrected chi connectivity index (χ1v) is 10.9. The number of rotatable bonds is 6. The number of carbonyl (C=O) groups is 1.